The standard InChI is InChI=1S/C19H21FN2O3/c1-13(14-7-9-15(20)10-8-14)22(2)19(23)21-11-16-12-24-17-5-3-4-6-18(17)25-16/h3-10,13,16H,11-12H2,1-2H3,(H,21,23). The van der Waals surface area contributed by atoms with Gasteiger partial charge in [0.25, 0.3) is 0 Å². The van der Waals surface area contributed by atoms with Gasteiger partial charge in [0, 0.05) is 7.05 Å². The zero-order valence-corrected chi connectivity index (χ0v) is 14.2. The van der Waals surface area contributed by atoms with Gasteiger partial charge in [0.15, 0.2) is 17.6 Å². The van der Waals surface area contributed by atoms with Crippen molar-refractivity contribution in [1.29, 1.82) is 0 Å². The lowest BCUT2D eigenvalue weighted by Gasteiger charge is -2.29. The van der Waals surface area contributed by atoms with Crippen molar-refractivity contribution in [1.82, 2.24) is 10.2 Å². The number of ether oxygens (including phenoxy) is 2. The smallest absolute Gasteiger partial charge is 0.317 e. The van der Waals surface area contributed by atoms with E-state index in [1.165, 1.54) is 12.1 Å². The lowest BCUT2D eigenvalue weighted by Crippen LogP contribution is -2.45. The van der Waals surface area contributed by atoms with Gasteiger partial charge in [-0.15, -0.1) is 0 Å². The average molecular weight is 344 g/mol. The van der Waals surface area contributed by atoms with Crippen LogP contribution in [0.15, 0.2) is 48.5 Å². The second kappa shape index (κ2) is 7.42. The topological polar surface area (TPSA) is 50.8 Å². The number of hydrogen-bond donors (Lipinski definition) is 1. The third kappa shape index (κ3) is 4.02. The quantitative estimate of drug-likeness (QED) is 0.925. The summed E-state index contributed by atoms with van der Waals surface area (Å²) in [7, 11) is 1.71. The Bertz CT molecular complexity index is 736. The molecule has 5 nitrogen and oxygen atoms in total. The van der Waals surface area contributed by atoms with Crippen molar-refractivity contribution in [2.24, 2.45) is 0 Å². The minimum Gasteiger partial charge on any atom is -0.486 e. The van der Waals surface area contributed by atoms with E-state index in [4.69, 9.17) is 9.47 Å². The molecule has 2 unspecified atom stereocenters. The van der Waals surface area contributed by atoms with Crippen LogP contribution in [0.1, 0.15) is 18.5 Å². The number of benzene rings is 2. The SMILES string of the molecule is CC(c1ccc(F)cc1)N(C)C(=O)NCC1COc2ccccc2O1. The van der Waals surface area contributed by atoms with Crippen LogP contribution in [0.5, 0.6) is 11.5 Å². The van der Waals surface area contributed by atoms with Gasteiger partial charge in [-0.3, -0.25) is 0 Å². The highest BCUT2D eigenvalue weighted by Gasteiger charge is 2.23. The van der Waals surface area contributed by atoms with E-state index in [0.717, 1.165) is 5.56 Å². The second-order valence-electron chi connectivity index (χ2n) is 6.02. The van der Waals surface area contributed by atoms with Crippen LogP contribution in [0, 0.1) is 5.82 Å². The van der Waals surface area contributed by atoms with E-state index >= 15 is 0 Å². The van der Waals surface area contributed by atoms with E-state index in [2.05, 4.69) is 5.32 Å². The van der Waals surface area contributed by atoms with Crippen molar-refractivity contribution in [2.45, 2.75) is 19.1 Å². The number of nitrogens with zero attached hydrogens (tertiary/aromatic N) is 1. The molecule has 0 bridgehead atoms. The number of urea groups is 1. The van der Waals surface area contributed by atoms with Crippen LogP contribution in [0.4, 0.5) is 9.18 Å². The van der Waals surface area contributed by atoms with Crippen LogP contribution in [-0.2, 0) is 0 Å². The number of fused-ring (bicyclic) bond motifs is 1. The first kappa shape index (κ1) is 17.1. The molecule has 0 spiro atoms. The molecule has 3 rings (SSSR count). The van der Waals surface area contributed by atoms with E-state index in [-0.39, 0.29) is 24.0 Å². The number of rotatable bonds is 4. The number of halogens is 1. The molecule has 2 amide bonds. The molecule has 0 radical (unpaired) electrons. The summed E-state index contributed by atoms with van der Waals surface area (Å²) in [5.41, 5.74) is 0.866. The van der Waals surface area contributed by atoms with Gasteiger partial charge in [0.2, 0.25) is 0 Å². The van der Waals surface area contributed by atoms with Crippen molar-refractivity contribution in [3.05, 3.63) is 59.9 Å². The van der Waals surface area contributed by atoms with Crippen molar-refractivity contribution >= 4 is 6.03 Å². The van der Waals surface area contributed by atoms with Gasteiger partial charge in [-0.25, -0.2) is 9.18 Å². The highest BCUT2D eigenvalue weighted by atomic mass is 19.1. The van der Waals surface area contributed by atoms with Crippen molar-refractivity contribution in [3.63, 3.8) is 0 Å². The minimum absolute atomic E-state index is 0.176. The first-order valence-corrected chi connectivity index (χ1v) is 8.19. The van der Waals surface area contributed by atoms with Gasteiger partial charge in [-0.05, 0) is 36.8 Å². The zero-order valence-electron chi connectivity index (χ0n) is 14.2. The van der Waals surface area contributed by atoms with Gasteiger partial charge in [0.1, 0.15) is 12.4 Å². The Morgan fingerprint density at radius 3 is 2.64 bits per heavy atom. The molecular weight excluding hydrogens is 323 g/mol. The molecule has 0 saturated heterocycles. The van der Waals surface area contributed by atoms with Gasteiger partial charge < -0.3 is 19.7 Å². The average Bonchev–Trinajstić information content (AvgIpc) is 2.65. The summed E-state index contributed by atoms with van der Waals surface area (Å²) >= 11 is 0. The van der Waals surface area contributed by atoms with Crippen molar-refractivity contribution < 1.29 is 18.7 Å². The molecule has 0 fully saturated rings. The van der Waals surface area contributed by atoms with Crippen molar-refractivity contribution in [3.8, 4) is 11.5 Å². The second-order valence-corrected chi connectivity index (χ2v) is 6.02. The molecule has 0 aromatic heterocycles. The first-order valence-electron chi connectivity index (χ1n) is 8.19. The third-order valence-electron chi connectivity index (χ3n) is 4.30. The lowest BCUT2D eigenvalue weighted by atomic mass is 10.1. The lowest BCUT2D eigenvalue weighted by molar-refractivity contribution is 0.0899. The Labute approximate surface area is 146 Å². The highest BCUT2D eigenvalue weighted by Crippen LogP contribution is 2.30. The number of nitrogens with one attached hydrogen (secondary N) is 1. The summed E-state index contributed by atoms with van der Waals surface area (Å²) in [6.45, 7) is 2.62. The number of hydrogen-bond acceptors (Lipinski definition) is 3. The molecule has 2 aromatic carbocycles. The Hall–Kier alpha value is -2.76. The maximum Gasteiger partial charge on any atom is 0.317 e. The number of carbonyl (C=O) groups is 1. The largest absolute Gasteiger partial charge is 0.486 e. The Morgan fingerprint density at radius 1 is 1.24 bits per heavy atom. The molecule has 2 aromatic rings. The van der Waals surface area contributed by atoms with Crippen LogP contribution >= 0.6 is 0 Å². The highest BCUT2D eigenvalue weighted by molar-refractivity contribution is 5.74. The van der Waals surface area contributed by atoms with E-state index in [1.807, 2.05) is 31.2 Å². The summed E-state index contributed by atoms with van der Waals surface area (Å²) < 4.78 is 24.5. The summed E-state index contributed by atoms with van der Waals surface area (Å²) in [5.74, 6) is 1.10. The predicted octanol–water partition coefficient (Wildman–Crippen LogP) is 3.37. The van der Waals surface area contributed by atoms with Gasteiger partial charge in [0.05, 0.1) is 12.6 Å². The van der Waals surface area contributed by atoms with Crippen LogP contribution in [0.25, 0.3) is 0 Å². The molecule has 2 atom stereocenters. The summed E-state index contributed by atoms with van der Waals surface area (Å²) in [5, 5.41) is 2.85. The van der Waals surface area contributed by atoms with E-state index in [1.54, 1.807) is 24.1 Å². The van der Waals surface area contributed by atoms with Gasteiger partial charge in [-0.2, -0.15) is 0 Å². The van der Waals surface area contributed by atoms with Gasteiger partial charge in [-0.1, -0.05) is 24.3 Å². The first-order chi connectivity index (χ1) is 12.0. The number of para-hydroxylation sites is 2. The summed E-state index contributed by atoms with van der Waals surface area (Å²) in [4.78, 5) is 13.9. The van der Waals surface area contributed by atoms with Crippen molar-refractivity contribution in [2.75, 3.05) is 20.2 Å². The van der Waals surface area contributed by atoms with Crippen LogP contribution < -0.4 is 14.8 Å². The molecule has 6 heteroatoms. The van der Waals surface area contributed by atoms with Crippen LogP contribution in [0.3, 0.4) is 0 Å². The summed E-state index contributed by atoms with van der Waals surface area (Å²) in [6, 6.07) is 13.2. The maximum absolute atomic E-state index is 13.0. The fourth-order valence-corrected chi connectivity index (χ4v) is 2.63. The Balaban J connectivity index is 1.53. The Morgan fingerprint density at radius 2 is 1.92 bits per heavy atom. The molecule has 1 N–H and O–H groups in total. The molecule has 1 heterocycles. The van der Waals surface area contributed by atoms with E-state index in [9.17, 15) is 9.18 Å². The zero-order chi connectivity index (χ0) is 17.8. The number of amides is 2. The van der Waals surface area contributed by atoms with E-state index in [0.29, 0.717) is 24.7 Å². The fourth-order valence-electron chi connectivity index (χ4n) is 2.63. The normalized spacial score (nSPS) is 16.8. The summed E-state index contributed by atoms with van der Waals surface area (Å²) in [6.07, 6.45) is -0.242. The molecule has 0 aliphatic carbocycles. The van der Waals surface area contributed by atoms with Crippen LogP contribution in [0.2, 0.25) is 0 Å². The molecule has 1 aliphatic heterocycles. The molecule has 0 saturated carbocycles. The minimum atomic E-state index is -0.294. The van der Waals surface area contributed by atoms with Crippen LogP contribution in [-0.4, -0.2) is 37.2 Å². The molecule has 1 aliphatic rings. The molecular formula is C19H21FN2O3. The Kier molecular flexibility index (Phi) is 5.07. The maximum atomic E-state index is 13.0. The van der Waals surface area contributed by atoms with E-state index < -0.39 is 0 Å². The fraction of sp³-hybridized carbons (Fsp3) is 0.316. The predicted molar refractivity (Wildman–Crippen MR) is 92.3 cm³/mol. The van der Waals surface area contributed by atoms with Gasteiger partial charge >= 0.3 is 6.03 Å². The molecule has 25 heavy (non-hydrogen) atoms. The third-order valence-corrected chi connectivity index (χ3v) is 4.30. The monoisotopic (exact) mass is 344 g/mol. The number of carbonyl (C=O) groups excluding carboxylic acids is 1. The molecule has 132 valence electrons.